The predicted molar refractivity (Wildman–Crippen MR) is 146 cm³/mol. The van der Waals surface area contributed by atoms with Gasteiger partial charge in [0.1, 0.15) is 18.0 Å². The average molecular weight is 462 g/mol. The minimum absolute atomic E-state index is 0.901. The van der Waals surface area contributed by atoms with Crippen LogP contribution in [-0.2, 0) is 6.54 Å². The molecule has 0 saturated heterocycles. The van der Waals surface area contributed by atoms with Gasteiger partial charge in [0.2, 0.25) is 11.4 Å². The first-order valence-electron chi connectivity index (χ1n) is 12.2. The zero-order valence-electron chi connectivity index (χ0n) is 20.6. The lowest BCUT2D eigenvalue weighted by Gasteiger charge is -2.06. The highest BCUT2D eigenvalue weighted by Crippen LogP contribution is 2.40. The molecule has 0 aliphatic carbocycles. The molecule has 2 heterocycles. The number of rotatable bonds is 6. The number of aryl methyl sites for hydroxylation is 1. The lowest BCUT2D eigenvalue weighted by molar-refractivity contribution is -0.430. The van der Waals surface area contributed by atoms with Crippen molar-refractivity contribution in [1.29, 1.82) is 0 Å². The number of benzene rings is 4. The van der Waals surface area contributed by atoms with Crippen LogP contribution in [0.4, 0.5) is 5.69 Å². The number of aromatic nitrogens is 1. The maximum Gasteiger partial charge on any atom is 0.214 e. The molecule has 0 spiro atoms. The zero-order chi connectivity index (χ0) is 24.1. The van der Waals surface area contributed by atoms with Crippen LogP contribution in [-0.4, -0.2) is 35.6 Å². The summed E-state index contributed by atoms with van der Waals surface area (Å²) in [5, 5.41) is 7.32. The van der Waals surface area contributed by atoms with Crippen molar-refractivity contribution in [2.24, 2.45) is 0 Å². The summed E-state index contributed by atoms with van der Waals surface area (Å²) < 4.78 is 16.1. The molecule has 0 amide bonds. The Bertz CT molecular complexity index is 1740. The number of ether oxygens (including phenoxy) is 2. The topological polar surface area (TPSA) is 26.4 Å². The van der Waals surface area contributed by atoms with Crippen LogP contribution < -0.4 is 14.8 Å². The van der Waals surface area contributed by atoms with Crippen molar-refractivity contribution in [3.8, 4) is 11.5 Å². The molecule has 0 bridgehead atoms. The summed E-state index contributed by atoms with van der Waals surface area (Å²) >= 11 is 0. The molecule has 174 valence electrons. The fraction of sp³-hybridized carbons (Fsp3) is 0.194. The first-order chi connectivity index (χ1) is 17.2. The van der Waals surface area contributed by atoms with Gasteiger partial charge in [-0.15, -0.1) is 0 Å². The van der Waals surface area contributed by atoms with Gasteiger partial charge in [-0.25, -0.2) is 0 Å². The Morgan fingerprint density at radius 1 is 0.800 bits per heavy atom. The van der Waals surface area contributed by atoms with E-state index in [0.29, 0.717) is 0 Å². The van der Waals surface area contributed by atoms with Crippen LogP contribution in [0.3, 0.4) is 0 Å². The van der Waals surface area contributed by atoms with Crippen molar-refractivity contribution in [2.75, 3.05) is 20.8 Å². The third-order valence-electron chi connectivity index (χ3n) is 7.25. The SMILES string of the molecule is CCn1/c(=C\C=C/C2=[N+](CC)c3ccc(OC)c4cccc2c34)c2cccc3c(OC)ccc1c32. The number of methoxy groups -OCH3 is 2. The second-order valence-corrected chi connectivity index (χ2v) is 8.81. The second-order valence-electron chi connectivity index (χ2n) is 8.81. The van der Waals surface area contributed by atoms with Crippen LogP contribution in [0.5, 0.6) is 11.5 Å². The first-order valence-corrected chi connectivity index (χ1v) is 12.2. The molecule has 4 nitrogen and oxygen atoms in total. The van der Waals surface area contributed by atoms with Crippen molar-refractivity contribution in [3.63, 3.8) is 0 Å². The molecule has 0 saturated carbocycles. The Kier molecular flexibility index (Phi) is 5.10. The van der Waals surface area contributed by atoms with E-state index in [1.807, 2.05) is 0 Å². The van der Waals surface area contributed by atoms with Crippen molar-refractivity contribution in [3.05, 3.63) is 83.7 Å². The highest BCUT2D eigenvalue weighted by atomic mass is 16.5. The molecule has 6 rings (SSSR count). The Hall–Kier alpha value is -4.05. The Morgan fingerprint density at radius 3 is 2.20 bits per heavy atom. The van der Waals surface area contributed by atoms with Crippen molar-refractivity contribution in [2.45, 2.75) is 20.4 Å². The van der Waals surface area contributed by atoms with Crippen molar-refractivity contribution in [1.82, 2.24) is 4.57 Å². The van der Waals surface area contributed by atoms with Crippen molar-refractivity contribution >= 4 is 49.9 Å². The number of hydrogen-bond donors (Lipinski definition) is 0. The van der Waals surface area contributed by atoms with Gasteiger partial charge in [0.05, 0.1) is 25.2 Å². The summed E-state index contributed by atoms with van der Waals surface area (Å²) in [6.07, 6.45) is 6.68. The first kappa shape index (κ1) is 21.5. The van der Waals surface area contributed by atoms with E-state index in [2.05, 4.69) is 102 Å². The Balaban J connectivity index is 1.54. The minimum Gasteiger partial charge on any atom is -0.496 e. The number of allylic oxidation sites excluding steroid dienone is 2. The molecule has 1 aromatic heterocycles. The van der Waals surface area contributed by atoms with Gasteiger partial charge >= 0.3 is 0 Å². The molecule has 0 atom stereocenters. The van der Waals surface area contributed by atoms with Crippen LogP contribution >= 0.6 is 0 Å². The van der Waals surface area contributed by atoms with E-state index in [-0.39, 0.29) is 0 Å². The summed E-state index contributed by atoms with van der Waals surface area (Å²) in [7, 11) is 3.48. The van der Waals surface area contributed by atoms with Crippen molar-refractivity contribution < 1.29 is 14.0 Å². The summed E-state index contributed by atoms with van der Waals surface area (Å²) in [6.45, 7) is 6.21. The minimum atomic E-state index is 0.901. The summed E-state index contributed by atoms with van der Waals surface area (Å²) in [5.74, 6) is 1.83. The monoisotopic (exact) mass is 461 g/mol. The summed E-state index contributed by atoms with van der Waals surface area (Å²) in [4.78, 5) is 0. The van der Waals surface area contributed by atoms with Gasteiger partial charge in [0.25, 0.3) is 0 Å². The summed E-state index contributed by atoms with van der Waals surface area (Å²) in [6, 6.07) is 21.5. The number of hydrogen-bond acceptors (Lipinski definition) is 2. The van der Waals surface area contributed by atoms with E-state index in [1.165, 1.54) is 44.0 Å². The molecule has 5 aromatic rings. The second kappa shape index (κ2) is 8.31. The molecule has 4 aromatic carbocycles. The van der Waals surface area contributed by atoms with Gasteiger partial charge in [0.15, 0.2) is 0 Å². The van der Waals surface area contributed by atoms with E-state index in [0.717, 1.165) is 35.4 Å². The maximum atomic E-state index is 5.65. The Morgan fingerprint density at radius 2 is 1.49 bits per heavy atom. The zero-order valence-corrected chi connectivity index (χ0v) is 20.6. The molecule has 4 heteroatoms. The van der Waals surface area contributed by atoms with Crippen LogP contribution in [0.2, 0.25) is 0 Å². The normalized spacial score (nSPS) is 13.9. The molecular formula is C31H29N2O2+. The fourth-order valence-electron chi connectivity index (χ4n) is 5.78. The highest BCUT2D eigenvalue weighted by Gasteiger charge is 2.30. The highest BCUT2D eigenvalue weighted by molar-refractivity contribution is 6.20. The quantitative estimate of drug-likeness (QED) is 0.281. The van der Waals surface area contributed by atoms with Gasteiger partial charge in [0, 0.05) is 51.1 Å². The predicted octanol–water partition coefficient (Wildman–Crippen LogP) is 6.21. The molecule has 1 aliphatic heterocycles. The largest absolute Gasteiger partial charge is 0.496 e. The van der Waals surface area contributed by atoms with Crippen LogP contribution in [0.25, 0.3) is 38.5 Å². The maximum absolute atomic E-state index is 5.65. The van der Waals surface area contributed by atoms with E-state index < -0.39 is 0 Å². The van der Waals surface area contributed by atoms with E-state index in [4.69, 9.17) is 9.47 Å². The molecule has 1 aliphatic rings. The van der Waals surface area contributed by atoms with Crippen LogP contribution in [0, 0.1) is 0 Å². The Labute approximate surface area is 205 Å². The van der Waals surface area contributed by atoms with Gasteiger partial charge < -0.3 is 14.0 Å². The van der Waals surface area contributed by atoms with Gasteiger partial charge in [-0.05, 0) is 44.2 Å². The third-order valence-corrected chi connectivity index (χ3v) is 7.25. The molecule has 0 unspecified atom stereocenters. The molecular weight excluding hydrogens is 432 g/mol. The molecule has 0 radical (unpaired) electrons. The number of nitrogens with zero attached hydrogens (tertiary/aromatic N) is 2. The molecule has 0 N–H and O–H groups in total. The lowest BCUT2D eigenvalue weighted by Crippen LogP contribution is -2.15. The van der Waals surface area contributed by atoms with Gasteiger partial charge in [-0.1, -0.05) is 36.4 Å². The molecule has 0 fully saturated rings. The average Bonchev–Trinajstić information content (AvgIpc) is 3.38. The van der Waals surface area contributed by atoms with E-state index in [9.17, 15) is 0 Å². The fourth-order valence-corrected chi connectivity index (χ4v) is 5.78. The smallest absolute Gasteiger partial charge is 0.214 e. The van der Waals surface area contributed by atoms with Gasteiger partial charge in [-0.2, -0.15) is 4.58 Å². The molecule has 35 heavy (non-hydrogen) atoms. The third kappa shape index (κ3) is 3.02. The van der Waals surface area contributed by atoms with Gasteiger partial charge in [-0.3, -0.25) is 0 Å². The van der Waals surface area contributed by atoms with Crippen LogP contribution in [0.1, 0.15) is 19.4 Å². The van der Waals surface area contributed by atoms with Crippen LogP contribution in [0.15, 0.2) is 72.8 Å². The van der Waals surface area contributed by atoms with E-state index in [1.54, 1.807) is 14.2 Å². The lowest BCUT2D eigenvalue weighted by atomic mass is 10.0. The standard InChI is InChI=1S/C31H29N2O2/c1-5-32-24(20-10-7-12-22-28(34-3)18-16-26(32)30(20)22)14-9-15-25-21-11-8-13-23-29(35-4)19-17-27(31(21)23)33(25)6-2/h7-19H,5-6H2,1-4H3/q+1. The summed E-state index contributed by atoms with van der Waals surface area (Å²) in [5.41, 5.74) is 4.96. The van der Waals surface area contributed by atoms with E-state index >= 15 is 0 Å².